The third-order valence-corrected chi connectivity index (χ3v) is 1.38. The molecule has 0 aliphatic heterocycles. The zero-order valence-electron chi connectivity index (χ0n) is 6.78. The summed E-state index contributed by atoms with van der Waals surface area (Å²) in [6, 6.07) is 3.69. The van der Waals surface area contributed by atoms with E-state index in [9.17, 15) is 4.79 Å². The summed E-state index contributed by atoms with van der Waals surface area (Å²) in [6.45, 7) is 1.85. The van der Waals surface area contributed by atoms with Crippen LogP contribution in [0.25, 0.3) is 0 Å². The van der Waals surface area contributed by atoms with Crippen molar-refractivity contribution in [2.75, 3.05) is 0 Å². The molecule has 0 aliphatic carbocycles. The lowest BCUT2D eigenvalue weighted by Gasteiger charge is -1.86. The maximum absolute atomic E-state index is 10.1. The lowest BCUT2D eigenvalue weighted by Crippen LogP contribution is -1.86. The van der Waals surface area contributed by atoms with Crippen LogP contribution >= 0.6 is 0 Å². The Balaban J connectivity index is 2.48. The van der Waals surface area contributed by atoms with Crippen molar-refractivity contribution in [3.8, 4) is 0 Å². The number of carboxylic acid groups (broad SMARTS) is 1. The van der Waals surface area contributed by atoms with Gasteiger partial charge in [-0.3, -0.25) is 0 Å². The molecule has 0 amide bonds. The number of hydrogen-bond acceptors (Lipinski definition) is 2. The highest BCUT2D eigenvalue weighted by Gasteiger charge is 1.94. The standard InChI is InChI=1S/C9H10O3/c1-7-5-6-8(12-7)3-2-4-9(10)11/h2,4-6H,3H2,1H3,(H,10,11)/b4-2+. The van der Waals surface area contributed by atoms with Crippen molar-refractivity contribution >= 4 is 5.97 Å². The molecule has 0 atom stereocenters. The Bertz CT molecular complexity index is 296. The summed E-state index contributed by atoms with van der Waals surface area (Å²) in [5.74, 6) is 0.692. The summed E-state index contributed by atoms with van der Waals surface area (Å²) >= 11 is 0. The van der Waals surface area contributed by atoms with Gasteiger partial charge in [0.05, 0.1) is 0 Å². The van der Waals surface area contributed by atoms with Crippen LogP contribution in [0.1, 0.15) is 11.5 Å². The minimum absolute atomic E-state index is 0.528. The van der Waals surface area contributed by atoms with E-state index in [2.05, 4.69) is 0 Å². The number of carboxylic acids is 1. The SMILES string of the molecule is Cc1ccc(C/C=C/C(=O)O)o1. The topological polar surface area (TPSA) is 50.4 Å². The van der Waals surface area contributed by atoms with E-state index in [4.69, 9.17) is 9.52 Å². The van der Waals surface area contributed by atoms with Gasteiger partial charge in [-0.15, -0.1) is 0 Å². The lowest BCUT2D eigenvalue weighted by molar-refractivity contribution is -0.131. The molecule has 0 fully saturated rings. The smallest absolute Gasteiger partial charge is 0.327 e. The van der Waals surface area contributed by atoms with Gasteiger partial charge in [-0.25, -0.2) is 4.79 Å². The first-order valence-corrected chi connectivity index (χ1v) is 3.63. The van der Waals surface area contributed by atoms with E-state index in [1.807, 2.05) is 19.1 Å². The molecule has 12 heavy (non-hydrogen) atoms. The van der Waals surface area contributed by atoms with Crippen LogP contribution in [0.4, 0.5) is 0 Å². The quantitative estimate of drug-likeness (QED) is 0.696. The molecule has 1 rings (SSSR count). The van der Waals surface area contributed by atoms with Gasteiger partial charge >= 0.3 is 5.97 Å². The van der Waals surface area contributed by atoms with E-state index in [1.54, 1.807) is 6.08 Å². The highest BCUT2D eigenvalue weighted by molar-refractivity contribution is 5.79. The number of furan rings is 1. The van der Waals surface area contributed by atoms with Crippen LogP contribution in [0.5, 0.6) is 0 Å². The average molecular weight is 166 g/mol. The molecule has 1 heterocycles. The zero-order chi connectivity index (χ0) is 8.97. The number of aryl methyl sites for hydroxylation is 1. The second-order valence-electron chi connectivity index (χ2n) is 2.46. The summed E-state index contributed by atoms with van der Waals surface area (Å²) < 4.78 is 5.22. The van der Waals surface area contributed by atoms with Gasteiger partial charge in [0.25, 0.3) is 0 Å². The summed E-state index contributed by atoms with van der Waals surface area (Å²) in [7, 11) is 0. The van der Waals surface area contributed by atoms with E-state index in [0.29, 0.717) is 6.42 Å². The van der Waals surface area contributed by atoms with Crippen molar-refractivity contribution in [1.29, 1.82) is 0 Å². The number of carbonyl (C=O) groups is 1. The van der Waals surface area contributed by atoms with Gasteiger partial charge in [-0.05, 0) is 19.1 Å². The Kier molecular flexibility index (Phi) is 2.69. The van der Waals surface area contributed by atoms with Crippen LogP contribution in [0.3, 0.4) is 0 Å². The van der Waals surface area contributed by atoms with Gasteiger partial charge in [0, 0.05) is 12.5 Å². The molecule has 0 unspecified atom stereocenters. The second kappa shape index (κ2) is 3.76. The minimum Gasteiger partial charge on any atom is -0.478 e. The van der Waals surface area contributed by atoms with E-state index in [1.165, 1.54) is 0 Å². The molecular weight excluding hydrogens is 156 g/mol. The highest BCUT2D eigenvalue weighted by atomic mass is 16.4. The van der Waals surface area contributed by atoms with Gasteiger partial charge in [-0.2, -0.15) is 0 Å². The molecule has 1 aromatic heterocycles. The Hall–Kier alpha value is -1.51. The number of rotatable bonds is 3. The summed E-state index contributed by atoms with van der Waals surface area (Å²) in [5, 5.41) is 8.28. The molecular formula is C9H10O3. The van der Waals surface area contributed by atoms with E-state index in [-0.39, 0.29) is 0 Å². The van der Waals surface area contributed by atoms with Crippen LogP contribution < -0.4 is 0 Å². The predicted molar refractivity (Wildman–Crippen MR) is 43.9 cm³/mol. The first-order chi connectivity index (χ1) is 5.68. The van der Waals surface area contributed by atoms with Gasteiger partial charge in [-0.1, -0.05) is 6.08 Å². The lowest BCUT2D eigenvalue weighted by atomic mass is 10.3. The molecule has 0 radical (unpaired) electrons. The van der Waals surface area contributed by atoms with Crippen molar-refractivity contribution in [2.24, 2.45) is 0 Å². The van der Waals surface area contributed by atoms with E-state index < -0.39 is 5.97 Å². The Morgan fingerprint density at radius 3 is 2.92 bits per heavy atom. The molecule has 1 aromatic rings. The second-order valence-corrected chi connectivity index (χ2v) is 2.46. The third kappa shape index (κ3) is 2.62. The van der Waals surface area contributed by atoms with E-state index in [0.717, 1.165) is 17.6 Å². The van der Waals surface area contributed by atoms with Crippen LogP contribution in [-0.2, 0) is 11.2 Å². The molecule has 64 valence electrons. The van der Waals surface area contributed by atoms with Crippen molar-refractivity contribution in [3.63, 3.8) is 0 Å². The molecule has 0 spiro atoms. The van der Waals surface area contributed by atoms with Crippen LogP contribution in [0.2, 0.25) is 0 Å². The fourth-order valence-electron chi connectivity index (χ4n) is 0.871. The minimum atomic E-state index is -0.932. The van der Waals surface area contributed by atoms with Gasteiger partial charge in [0.2, 0.25) is 0 Å². The van der Waals surface area contributed by atoms with Crippen molar-refractivity contribution in [2.45, 2.75) is 13.3 Å². The number of allylic oxidation sites excluding steroid dienone is 1. The maximum Gasteiger partial charge on any atom is 0.327 e. The first-order valence-electron chi connectivity index (χ1n) is 3.63. The van der Waals surface area contributed by atoms with Gasteiger partial charge < -0.3 is 9.52 Å². The van der Waals surface area contributed by atoms with Crippen molar-refractivity contribution in [1.82, 2.24) is 0 Å². The van der Waals surface area contributed by atoms with Crippen molar-refractivity contribution < 1.29 is 14.3 Å². The molecule has 0 saturated heterocycles. The average Bonchev–Trinajstić information content (AvgIpc) is 2.35. The van der Waals surface area contributed by atoms with Gasteiger partial charge in [0.1, 0.15) is 11.5 Å². The number of aliphatic carboxylic acids is 1. The third-order valence-electron chi connectivity index (χ3n) is 1.38. The molecule has 0 aromatic carbocycles. The summed E-state index contributed by atoms with van der Waals surface area (Å²) in [5.41, 5.74) is 0. The Morgan fingerprint density at radius 2 is 2.42 bits per heavy atom. The van der Waals surface area contributed by atoms with E-state index >= 15 is 0 Å². The molecule has 0 aliphatic rings. The molecule has 3 nitrogen and oxygen atoms in total. The zero-order valence-corrected chi connectivity index (χ0v) is 6.78. The fourth-order valence-corrected chi connectivity index (χ4v) is 0.871. The molecule has 0 saturated carbocycles. The van der Waals surface area contributed by atoms with Crippen LogP contribution in [0.15, 0.2) is 28.7 Å². The predicted octanol–water partition coefficient (Wildman–Crippen LogP) is 1.77. The van der Waals surface area contributed by atoms with Gasteiger partial charge in [0.15, 0.2) is 0 Å². The normalized spacial score (nSPS) is 10.8. The molecule has 3 heteroatoms. The monoisotopic (exact) mass is 166 g/mol. The Labute approximate surface area is 70.3 Å². The number of hydrogen-bond donors (Lipinski definition) is 1. The molecule has 0 bridgehead atoms. The maximum atomic E-state index is 10.1. The highest BCUT2D eigenvalue weighted by Crippen LogP contribution is 2.06. The fraction of sp³-hybridized carbons (Fsp3) is 0.222. The molecule has 1 N–H and O–H groups in total. The van der Waals surface area contributed by atoms with Crippen LogP contribution in [0, 0.1) is 6.92 Å². The largest absolute Gasteiger partial charge is 0.478 e. The van der Waals surface area contributed by atoms with Crippen molar-refractivity contribution in [3.05, 3.63) is 35.8 Å². The first kappa shape index (κ1) is 8.59. The summed E-state index contributed by atoms with van der Waals surface area (Å²) in [6.07, 6.45) is 3.19. The van der Waals surface area contributed by atoms with Crippen LogP contribution in [-0.4, -0.2) is 11.1 Å². The Morgan fingerprint density at radius 1 is 1.67 bits per heavy atom. The summed E-state index contributed by atoms with van der Waals surface area (Å²) in [4.78, 5) is 10.1.